The number of benzene rings is 2. The van der Waals surface area contributed by atoms with Gasteiger partial charge in [-0.05, 0) is 55.5 Å². The molecular weight excluding hydrogens is 463 g/mol. The number of halogens is 2. The van der Waals surface area contributed by atoms with Gasteiger partial charge in [-0.3, -0.25) is 9.59 Å². The van der Waals surface area contributed by atoms with Crippen molar-refractivity contribution in [3.63, 3.8) is 0 Å². The first-order valence-corrected chi connectivity index (χ1v) is 12.9. The average Bonchev–Trinajstić information content (AvgIpc) is 3.27. The SMILES string of the molecule is Cc1ccccc1CN(C(=O)CSCc1c(Cl)cccc1Cl)[C@H](C)C(=O)NC1CCCC1. The maximum Gasteiger partial charge on any atom is 0.242 e. The van der Waals surface area contributed by atoms with E-state index in [0.29, 0.717) is 22.3 Å². The van der Waals surface area contributed by atoms with E-state index in [1.165, 1.54) is 11.8 Å². The van der Waals surface area contributed by atoms with Crippen molar-refractivity contribution in [1.82, 2.24) is 10.2 Å². The summed E-state index contributed by atoms with van der Waals surface area (Å²) in [5, 5.41) is 4.33. The van der Waals surface area contributed by atoms with E-state index in [4.69, 9.17) is 23.2 Å². The molecule has 7 heteroatoms. The lowest BCUT2D eigenvalue weighted by Gasteiger charge is -2.30. The fourth-order valence-electron chi connectivity index (χ4n) is 3.94. The van der Waals surface area contributed by atoms with Crippen LogP contribution in [0.3, 0.4) is 0 Å². The van der Waals surface area contributed by atoms with Crippen LogP contribution < -0.4 is 5.32 Å². The van der Waals surface area contributed by atoms with Crippen LogP contribution >= 0.6 is 35.0 Å². The Morgan fingerprint density at radius 3 is 2.41 bits per heavy atom. The predicted molar refractivity (Wildman–Crippen MR) is 134 cm³/mol. The third kappa shape index (κ3) is 6.66. The predicted octanol–water partition coefficient (Wildman–Crippen LogP) is 6.01. The van der Waals surface area contributed by atoms with Gasteiger partial charge in [-0.25, -0.2) is 0 Å². The monoisotopic (exact) mass is 492 g/mol. The molecule has 0 aromatic heterocycles. The molecule has 32 heavy (non-hydrogen) atoms. The van der Waals surface area contributed by atoms with Gasteiger partial charge in [0.25, 0.3) is 0 Å². The molecule has 1 aliphatic rings. The zero-order valence-electron chi connectivity index (χ0n) is 18.6. The lowest BCUT2D eigenvalue weighted by atomic mass is 10.1. The number of amides is 2. The lowest BCUT2D eigenvalue weighted by Crippen LogP contribution is -2.50. The molecule has 0 heterocycles. The number of aryl methyl sites for hydroxylation is 1. The molecule has 0 spiro atoms. The number of hydrogen-bond acceptors (Lipinski definition) is 3. The molecule has 1 aliphatic carbocycles. The Labute approximate surface area is 205 Å². The van der Waals surface area contributed by atoms with E-state index >= 15 is 0 Å². The highest BCUT2D eigenvalue weighted by atomic mass is 35.5. The summed E-state index contributed by atoms with van der Waals surface area (Å²) in [6.45, 7) is 4.24. The minimum Gasteiger partial charge on any atom is -0.352 e. The van der Waals surface area contributed by atoms with E-state index in [1.54, 1.807) is 23.1 Å². The quantitative estimate of drug-likeness (QED) is 0.466. The Kier molecular flexibility index (Phi) is 9.33. The lowest BCUT2D eigenvalue weighted by molar-refractivity contribution is -0.139. The molecule has 0 radical (unpaired) electrons. The van der Waals surface area contributed by atoms with Gasteiger partial charge in [0.1, 0.15) is 6.04 Å². The van der Waals surface area contributed by atoms with Crippen LogP contribution in [-0.2, 0) is 21.9 Å². The molecule has 1 saturated carbocycles. The number of carbonyl (C=O) groups excluding carboxylic acids is 2. The van der Waals surface area contributed by atoms with E-state index in [9.17, 15) is 9.59 Å². The number of rotatable bonds is 9. The number of nitrogens with zero attached hydrogens (tertiary/aromatic N) is 1. The molecule has 2 aromatic rings. The summed E-state index contributed by atoms with van der Waals surface area (Å²) in [5.74, 6) is 0.619. The van der Waals surface area contributed by atoms with Gasteiger partial charge in [-0.15, -0.1) is 11.8 Å². The third-order valence-electron chi connectivity index (χ3n) is 6.00. The van der Waals surface area contributed by atoms with Crippen LogP contribution in [0, 0.1) is 6.92 Å². The van der Waals surface area contributed by atoms with Gasteiger partial charge < -0.3 is 10.2 Å². The number of hydrogen-bond donors (Lipinski definition) is 1. The summed E-state index contributed by atoms with van der Waals surface area (Å²) >= 11 is 14.0. The molecule has 0 unspecified atom stereocenters. The Balaban J connectivity index is 1.69. The van der Waals surface area contributed by atoms with Crippen LogP contribution in [-0.4, -0.2) is 34.6 Å². The molecule has 0 bridgehead atoms. The third-order valence-corrected chi connectivity index (χ3v) is 7.66. The first kappa shape index (κ1) is 24.9. The second kappa shape index (κ2) is 12.0. The minimum absolute atomic E-state index is 0.0736. The van der Waals surface area contributed by atoms with Gasteiger partial charge in [-0.1, -0.05) is 66.4 Å². The smallest absolute Gasteiger partial charge is 0.242 e. The molecular formula is C25H30Cl2N2O2S. The van der Waals surface area contributed by atoms with Gasteiger partial charge in [0.05, 0.1) is 5.75 Å². The number of carbonyl (C=O) groups is 2. The summed E-state index contributed by atoms with van der Waals surface area (Å²) < 4.78 is 0. The molecule has 0 aliphatic heterocycles. The van der Waals surface area contributed by atoms with Crippen molar-refractivity contribution < 1.29 is 9.59 Å². The molecule has 3 rings (SSSR count). The van der Waals surface area contributed by atoms with E-state index in [2.05, 4.69) is 5.32 Å². The van der Waals surface area contributed by atoms with Gasteiger partial charge >= 0.3 is 0 Å². The summed E-state index contributed by atoms with van der Waals surface area (Å²) in [6, 6.07) is 13.0. The Hall–Kier alpha value is -1.69. The number of nitrogens with one attached hydrogen (secondary N) is 1. The van der Waals surface area contributed by atoms with Crippen LogP contribution in [0.4, 0.5) is 0 Å². The second-order valence-electron chi connectivity index (χ2n) is 8.31. The van der Waals surface area contributed by atoms with Gasteiger partial charge in [0, 0.05) is 28.4 Å². The van der Waals surface area contributed by atoms with Crippen molar-refractivity contribution in [1.29, 1.82) is 0 Å². The van der Waals surface area contributed by atoms with Crippen LogP contribution in [0.15, 0.2) is 42.5 Å². The normalized spacial score (nSPS) is 14.9. The molecule has 2 amide bonds. The fourth-order valence-corrected chi connectivity index (χ4v) is 5.59. The van der Waals surface area contributed by atoms with Gasteiger partial charge in [0.15, 0.2) is 0 Å². The molecule has 172 valence electrons. The van der Waals surface area contributed by atoms with E-state index in [1.807, 2.05) is 38.1 Å². The summed E-state index contributed by atoms with van der Waals surface area (Å²) in [6.07, 6.45) is 4.32. The van der Waals surface area contributed by atoms with Crippen molar-refractivity contribution in [3.8, 4) is 0 Å². The highest BCUT2D eigenvalue weighted by molar-refractivity contribution is 7.99. The van der Waals surface area contributed by atoms with E-state index < -0.39 is 6.04 Å². The minimum atomic E-state index is -0.549. The molecule has 1 fully saturated rings. The highest BCUT2D eigenvalue weighted by Gasteiger charge is 2.28. The topological polar surface area (TPSA) is 49.4 Å². The Morgan fingerprint density at radius 1 is 1.09 bits per heavy atom. The van der Waals surface area contributed by atoms with Crippen LogP contribution in [0.2, 0.25) is 10.0 Å². The molecule has 4 nitrogen and oxygen atoms in total. The molecule has 0 saturated heterocycles. The van der Waals surface area contributed by atoms with Gasteiger partial charge in [-0.2, -0.15) is 0 Å². The maximum atomic E-state index is 13.3. The van der Waals surface area contributed by atoms with Crippen LogP contribution in [0.1, 0.15) is 49.3 Å². The standard InChI is InChI=1S/C25H30Cl2N2O2S/c1-17-8-3-4-9-19(17)14-29(18(2)25(31)28-20-10-5-6-11-20)24(30)16-32-15-21-22(26)12-7-13-23(21)27/h3-4,7-9,12-13,18,20H,5-6,10-11,14-16H2,1-2H3,(H,28,31)/t18-/m1/s1. The fraction of sp³-hybridized carbons (Fsp3) is 0.440. The van der Waals surface area contributed by atoms with E-state index in [-0.39, 0.29) is 23.6 Å². The Bertz CT molecular complexity index is 927. The zero-order valence-corrected chi connectivity index (χ0v) is 20.9. The molecule has 2 aromatic carbocycles. The Morgan fingerprint density at radius 2 is 1.75 bits per heavy atom. The van der Waals surface area contributed by atoms with Crippen molar-refractivity contribution >= 4 is 46.8 Å². The van der Waals surface area contributed by atoms with Crippen molar-refractivity contribution in [2.75, 3.05) is 5.75 Å². The summed E-state index contributed by atoms with van der Waals surface area (Å²) in [5.41, 5.74) is 2.97. The largest absolute Gasteiger partial charge is 0.352 e. The summed E-state index contributed by atoms with van der Waals surface area (Å²) in [4.78, 5) is 27.9. The first-order chi connectivity index (χ1) is 15.4. The molecule has 1 N–H and O–H groups in total. The van der Waals surface area contributed by atoms with Crippen molar-refractivity contribution in [2.45, 2.75) is 63.9 Å². The van der Waals surface area contributed by atoms with Gasteiger partial charge in [0.2, 0.25) is 11.8 Å². The second-order valence-corrected chi connectivity index (χ2v) is 10.1. The van der Waals surface area contributed by atoms with Crippen LogP contribution in [0.25, 0.3) is 0 Å². The maximum absolute atomic E-state index is 13.3. The highest BCUT2D eigenvalue weighted by Crippen LogP contribution is 2.28. The average molecular weight is 494 g/mol. The van der Waals surface area contributed by atoms with Crippen molar-refractivity contribution in [3.05, 3.63) is 69.2 Å². The first-order valence-electron chi connectivity index (χ1n) is 11.0. The molecule has 1 atom stereocenters. The van der Waals surface area contributed by atoms with Crippen molar-refractivity contribution in [2.24, 2.45) is 0 Å². The number of thioether (sulfide) groups is 1. The summed E-state index contributed by atoms with van der Waals surface area (Å²) in [7, 11) is 0. The van der Waals surface area contributed by atoms with Crippen LogP contribution in [0.5, 0.6) is 0 Å². The van der Waals surface area contributed by atoms with E-state index in [0.717, 1.165) is 42.4 Å². The zero-order chi connectivity index (χ0) is 23.1.